The number of carbonyl (C=O) groups excluding carboxylic acids is 1. The topological polar surface area (TPSA) is 73.1 Å². The van der Waals surface area contributed by atoms with Crippen LogP contribution in [0.2, 0.25) is 0 Å². The molecule has 0 aliphatic rings. The van der Waals surface area contributed by atoms with Gasteiger partial charge in [0.2, 0.25) is 0 Å². The summed E-state index contributed by atoms with van der Waals surface area (Å²) in [6.45, 7) is 0.535. The van der Waals surface area contributed by atoms with Gasteiger partial charge in [-0.2, -0.15) is 5.10 Å². The maximum Gasteiger partial charge on any atom is 0.307 e. The Hall–Kier alpha value is -2.18. The lowest BCUT2D eigenvalue weighted by Gasteiger charge is -2.17. The highest BCUT2D eigenvalue weighted by Gasteiger charge is 2.12. The fraction of sp³-hybridized carbons (Fsp3) is 0.455. The smallest absolute Gasteiger partial charge is 0.307 e. The highest BCUT2D eigenvalue weighted by Crippen LogP contribution is 2.20. The van der Waals surface area contributed by atoms with Crippen LogP contribution >= 0.6 is 0 Å². The molecule has 0 atom stereocenters. The van der Waals surface area contributed by atoms with E-state index in [-0.39, 0.29) is 5.97 Å². The molecule has 0 spiro atoms. The zero-order valence-corrected chi connectivity index (χ0v) is 10.6. The molecular weight excluding hydrogens is 234 g/mol. The van der Waals surface area contributed by atoms with E-state index in [2.05, 4.69) is 19.8 Å². The number of methoxy groups -OCH3 is 1. The number of carbonyl (C=O) groups is 1. The second-order valence-electron chi connectivity index (χ2n) is 3.95. The van der Waals surface area contributed by atoms with Crippen molar-refractivity contribution in [3.63, 3.8) is 0 Å². The molecular formula is C11H15N5O2. The molecule has 0 unspecified atom stereocenters. The summed E-state index contributed by atoms with van der Waals surface area (Å²) >= 11 is 0. The summed E-state index contributed by atoms with van der Waals surface area (Å²) in [5, 5.41) is 5.01. The number of ether oxygens (including phenoxy) is 1. The number of nitrogens with zero attached hydrogens (tertiary/aromatic N) is 5. The number of hydrogen-bond donors (Lipinski definition) is 0. The first-order valence-electron chi connectivity index (χ1n) is 5.54. The van der Waals surface area contributed by atoms with Crippen molar-refractivity contribution in [1.29, 1.82) is 0 Å². The number of fused-ring (bicyclic) bond motifs is 1. The van der Waals surface area contributed by atoms with E-state index < -0.39 is 0 Å². The van der Waals surface area contributed by atoms with Crippen molar-refractivity contribution in [2.24, 2.45) is 7.05 Å². The van der Waals surface area contributed by atoms with E-state index in [0.717, 1.165) is 16.9 Å². The van der Waals surface area contributed by atoms with Crippen LogP contribution in [0.15, 0.2) is 12.5 Å². The molecule has 0 radical (unpaired) electrons. The second kappa shape index (κ2) is 4.99. The number of anilines is 1. The van der Waals surface area contributed by atoms with Gasteiger partial charge in [0.25, 0.3) is 0 Å². The summed E-state index contributed by atoms with van der Waals surface area (Å²) in [6.07, 6.45) is 3.53. The Morgan fingerprint density at radius 3 is 3.00 bits per heavy atom. The summed E-state index contributed by atoms with van der Waals surface area (Å²) in [4.78, 5) is 21.4. The number of rotatable bonds is 4. The molecule has 2 aromatic rings. The van der Waals surface area contributed by atoms with E-state index in [1.165, 1.54) is 13.4 Å². The second-order valence-corrected chi connectivity index (χ2v) is 3.95. The molecule has 0 bridgehead atoms. The Morgan fingerprint density at radius 2 is 2.28 bits per heavy atom. The Morgan fingerprint density at radius 1 is 1.50 bits per heavy atom. The van der Waals surface area contributed by atoms with E-state index in [9.17, 15) is 4.79 Å². The molecule has 0 saturated heterocycles. The molecule has 0 amide bonds. The van der Waals surface area contributed by atoms with Gasteiger partial charge in [0.05, 0.1) is 25.1 Å². The minimum absolute atomic E-state index is 0.238. The Balaban J connectivity index is 2.22. The van der Waals surface area contributed by atoms with Crippen molar-refractivity contribution in [2.45, 2.75) is 6.42 Å². The van der Waals surface area contributed by atoms with Crippen LogP contribution in [-0.2, 0) is 16.6 Å². The predicted molar refractivity (Wildman–Crippen MR) is 66.2 cm³/mol. The van der Waals surface area contributed by atoms with Gasteiger partial charge in [-0.25, -0.2) is 9.97 Å². The average molecular weight is 249 g/mol. The molecule has 7 heteroatoms. The minimum Gasteiger partial charge on any atom is -0.469 e. The third-order valence-corrected chi connectivity index (χ3v) is 2.75. The largest absolute Gasteiger partial charge is 0.469 e. The van der Waals surface area contributed by atoms with E-state index in [1.54, 1.807) is 10.9 Å². The van der Waals surface area contributed by atoms with Gasteiger partial charge in [0.15, 0.2) is 5.65 Å². The summed E-state index contributed by atoms with van der Waals surface area (Å²) in [7, 11) is 5.08. The van der Waals surface area contributed by atoms with Crippen LogP contribution in [0.1, 0.15) is 6.42 Å². The average Bonchev–Trinajstić information content (AvgIpc) is 2.77. The summed E-state index contributed by atoms with van der Waals surface area (Å²) in [5.41, 5.74) is 0.768. The maximum absolute atomic E-state index is 11.1. The van der Waals surface area contributed by atoms with Crippen molar-refractivity contribution in [3.05, 3.63) is 12.5 Å². The van der Waals surface area contributed by atoms with E-state index in [0.29, 0.717) is 13.0 Å². The van der Waals surface area contributed by atoms with Crippen LogP contribution in [0.25, 0.3) is 11.0 Å². The Kier molecular flexibility index (Phi) is 3.40. The molecule has 0 saturated carbocycles. The first-order chi connectivity index (χ1) is 8.63. The van der Waals surface area contributed by atoms with Crippen LogP contribution in [0.3, 0.4) is 0 Å². The number of aryl methyl sites for hydroxylation is 1. The summed E-state index contributed by atoms with van der Waals surface area (Å²) in [6, 6.07) is 0. The quantitative estimate of drug-likeness (QED) is 0.728. The monoisotopic (exact) mass is 249 g/mol. The Bertz CT molecular complexity index is 566. The van der Waals surface area contributed by atoms with Crippen molar-refractivity contribution < 1.29 is 9.53 Å². The molecule has 2 heterocycles. The van der Waals surface area contributed by atoms with Crippen LogP contribution < -0.4 is 4.90 Å². The number of esters is 1. The molecule has 0 N–H and O–H groups in total. The summed E-state index contributed by atoms with van der Waals surface area (Å²) < 4.78 is 6.30. The van der Waals surface area contributed by atoms with Gasteiger partial charge in [-0.3, -0.25) is 9.48 Å². The lowest BCUT2D eigenvalue weighted by molar-refractivity contribution is -0.140. The molecule has 2 aromatic heterocycles. The SMILES string of the molecule is COC(=O)CCN(C)c1ncnc2c1cnn2C. The third kappa shape index (κ3) is 2.24. The molecule has 7 nitrogen and oxygen atoms in total. The van der Waals surface area contributed by atoms with E-state index >= 15 is 0 Å². The fourth-order valence-electron chi connectivity index (χ4n) is 1.72. The van der Waals surface area contributed by atoms with Gasteiger partial charge in [0.1, 0.15) is 12.1 Å². The lowest BCUT2D eigenvalue weighted by Crippen LogP contribution is -2.22. The van der Waals surface area contributed by atoms with Crippen LogP contribution in [0.5, 0.6) is 0 Å². The molecule has 96 valence electrons. The van der Waals surface area contributed by atoms with Crippen molar-refractivity contribution in [1.82, 2.24) is 19.7 Å². The van der Waals surface area contributed by atoms with Gasteiger partial charge >= 0.3 is 5.97 Å². The zero-order valence-electron chi connectivity index (χ0n) is 10.6. The normalized spacial score (nSPS) is 10.6. The van der Waals surface area contributed by atoms with Gasteiger partial charge in [-0.15, -0.1) is 0 Å². The van der Waals surface area contributed by atoms with Gasteiger partial charge in [-0.1, -0.05) is 0 Å². The zero-order chi connectivity index (χ0) is 13.1. The number of aromatic nitrogens is 4. The first kappa shape index (κ1) is 12.3. The molecule has 18 heavy (non-hydrogen) atoms. The third-order valence-electron chi connectivity index (χ3n) is 2.75. The van der Waals surface area contributed by atoms with Gasteiger partial charge < -0.3 is 9.64 Å². The first-order valence-corrected chi connectivity index (χ1v) is 5.54. The van der Waals surface area contributed by atoms with Gasteiger partial charge in [0, 0.05) is 20.6 Å². The van der Waals surface area contributed by atoms with Crippen molar-refractivity contribution in [3.8, 4) is 0 Å². The molecule has 0 fully saturated rings. The van der Waals surface area contributed by atoms with E-state index in [1.807, 2.05) is 19.0 Å². The van der Waals surface area contributed by atoms with Crippen molar-refractivity contribution >= 4 is 22.8 Å². The molecule has 0 aliphatic heterocycles. The molecule has 2 rings (SSSR count). The maximum atomic E-state index is 11.1. The highest BCUT2D eigenvalue weighted by molar-refractivity contribution is 5.86. The fourth-order valence-corrected chi connectivity index (χ4v) is 1.72. The standard InChI is InChI=1S/C11H15N5O2/c1-15(5-4-9(17)18-3)10-8-6-14-16(2)11(8)13-7-12-10/h6-7H,4-5H2,1-3H3. The van der Waals surface area contributed by atoms with Crippen LogP contribution in [0, 0.1) is 0 Å². The summed E-state index contributed by atoms with van der Waals surface area (Å²) in [5.74, 6) is 0.523. The molecule has 0 aromatic carbocycles. The van der Waals surface area contributed by atoms with Crippen molar-refractivity contribution in [2.75, 3.05) is 25.6 Å². The predicted octanol–water partition coefficient (Wildman–Crippen LogP) is 0.363. The van der Waals surface area contributed by atoms with E-state index in [4.69, 9.17) is 0 Å². The minimum atomic E-state index is -0.238. The Labute approximate surface area is 104 Å². The highest BCUT2D eigenvalue weighted by atomic mass is 16.5. The lowest BCUT2D eigenvalue weighted by atomic mass is 10.3. The van der Waals surface area contributed by atoms with Gasteiger partial charge in [-0.05, 0) is 0 Å². The van der Waals surface area contributed by atoms with Crippen LogP contribution in [0.4, 0.5) is 5.82 Å². The number of hydrogen-bond acceptors (Lipinski definition) is 6. The van der Waals surface area contributed by atoms with Crippen LogP contribution in [-0.4, -0.2) is 46.4 Å². The molecule has 0 aliphatic carbocycles.